The molecule has 1 atom stereocenters. The molecule has 0 bridgehead atoms. The van der Waals surface area contributed by atoms with Crippen LogP contribution in [0.4, 0.5) is 0 Å². The molecule has 4 heteroatoms. The maximum Gasteiger partial charge on any atom is 0.303 e. The van der Waals surface area contributed by atoms with Gasteiger partial charge < -0.3 is 9.84 Å². The predicted molar refractivity (Wildman–Crippen MR) is 70.2 cm³/mol. The summed E-state index contributed by atoms with van der Waals surface area (Å²) in [5, 5.41) is 9.37. The van der Waals surface area contributed by atoms with E-state index in [1.807, 2.05) is 12.1 Å². The van der Waals surface area contributed by atoms with Crippen LogP contribution in [0.15, 0.2) is 18.2 Å². The number of rotatable bonds is 5. The smallest absolute Gasteiger partial charge is 0.303 e. The Balaban J connectivity index is 1.98. The summed E-state index contributed by atoms with van der Waals surface area (Å²) in [6.07, 6.45) is 2.64. The Morgan fingerprint density at radius 2 is 2.33 bits per heavy atom. The van der Waals surface area contributed by atoms with Crippen LogP contribution in [-0.4, -0.2) is 24.3 Å². The summed E-state index contributed by atoms with van der Waals surface area (Å²) in [4.78, 5) is 10.4. The standard InChI is InChI=1S/C14H17ClO3/c15-13-8-10(2-1-3-14(16)17)4-5-12(13)11-6-7-18-9-11/h4-5,8,11H,1-3,6-7,9H2,(H,16,17). The summed E-state index contributed by atoms with van der Waals surface area (Å²) in [5.74, 6) is -0.341. The zero-order chi connectivity index (χ0) is 13.0. The molecule has 0 spiro atoms. The number of hydrogen-bond acceptors (Lipinski definition) is 2. The van der Waals surface area contributed by atoms with Gasteiger partial charge in [0.25, 0.3) is 0 Å². The van der Waals surface area contributed by atoms with Gasteiger partial charge in [-0.25, -0.2) is 0 Å². The first kappa shape index (κ1) is 13.4. The predicted octanol–water partition coefficient (Wildman–Crippen LogP) is 3.25. The number of hydrogen-bond donors (Lipinski definition) is 1. The van der Waals surface area contributed by atoms with E-state index in [1.165, 1.54) is 0 Å². The topological polar surface area (TPSA) is 46.5 Å². The molecule has 1 unspecified atom stereocenters. The Morgan fingerprint density at radius 1 is 1.50 bits per heavy atom. The lowest BCUT2D eigenvalue weighted by Crippen LogP contribution is -2.00. The van der Waals surface area contributed by atoms with E-state index in [2.05, 4.69) is 6.07 Å². The van der Waals surface area contributed by atoms with Crippen LogP contribution in [0.5, 0.6) is 0 Å². The quantitative estimate of drug-likeness (QED) is 0.892. The number of aryl methyl sites for hydroxylation is 1. The van der Waals surface area contributed by atoms with Crippen molar-refractivity contribution in [2.45, 2.75) is 31.6 Å². The van der Waals surface area contributed by atoms with Crippen molar-refractivity contribution < 1.29 is 14.6 Å². The summed E-state index contributed by atoms with van der Waals surface area (Å²) in [5.41, 5.74) is 2.25. The summed E-state index contributed by atoms with van der Waals surface area (Å²) >= 11 is 6.28. The second kappa shape index (κ2) is 6.21. The number of carboxylic acid groups (broad SMARTS) is 1. The SMILES string of the molecule is O=C(O)CCCc1ccc(C2CCOC2)c(Cl)c1. The fourth-order valence-electron chi connectivity index (χ4n) is 2.28. The highest BCUT2D eigenvalue weighted by Gasteiger charge is 2.20. The maximum atomic E-state index is 10.4. The van der Waals surface area contributed by atoms with E-state index in [0.717, 1.165) is 42.2 Å². The lowest BCUT2D eigenvalue weighted by atomic mass is 9.96. The second-order valence-corrected chi connectivity index (χ2v) is 5.07. The van der Waals surface area contributed by atoms with Crippen LogP contribution in [0.3, 0.4) is 0 Å². The van der Waals surface area contributed by atoms with E-state index in [4.69, 9.17) is 21.4 Å². The molecule has 3 nitrogen and oxygen atoms in total. The molecule has 1 N–H and O–H groups in total. The van der Waals surface area contributed by atoms with Crippen molar-refractivity contribution in [2.75, 3.05) is 13.2 Å². The minimum absolute atomic E-state index is 0.204. The Morgan fingerprint density at radius 3 is 2.94 bits per heavy atom. The van der Waals surface area contributed by atoms with Crippen LogP contribution in [0.25, 0.3) is 0 Å². The molecule has 0 aromatic heterocycles. The van der Waals surface area contributed by atoms with Gasteiger partial charge in [0.05, 0.1) is 6.61 Å². The summed E-state index contributed by atoms with van der Waals surface area (Å²) in [6, 6.07) is 6.05. The maximum absolute atomic E-state index is 10.4. The van der Waals surface area contributed by atoms with E-state index in [1.54, 1.807) is 0 Å². The molecular formula is C14H17ClO3. The molecule has 2 rings (SSSR count). The van der Waals surface area contributed by atoms with Crippen molar-refractivity contribution in [3.05, 3.63) is 34.3 Å². The zero-order valence-corrected chi connectivity index (χ0v) is 10.9. The molecule has 1 saturated heterocycles. The number of halogens is 1. The molecular weight excluding hydrogens is 252 g/mol. The van der Waals surface area contributed by atoms with Crippen molar-refractivity contribution >= 4 is 17.6 Å². The molecule has 1 aliphatic rings. The highest BCUT2D eigenvalue weighted by Crippen LogP contribution is 2.31. The lowest BCUT2D eigenvalue weighted by Gasteiger charge is -2.11. The number of benzene rings is 1. The van der Waals surface area contributed by atoms with Crippen LogP contribution in [0.1, 0.15) is 36.3 Å². The lowest BCUT2D eigenvalue weighted by molar-refractivity contribution is -0.137. The molecule has 1 aliphatic heterocycles. The van der Waals surface area contributed by atoms with Gasteiger partial charge in [0.15, 0.2) is 0 Å². The van der Waals surface area contributed by atoms with E-state index in [-0.39, 0.29) is 6.42 Å². The van der Waals surface area contributed by atoms with E-state index >= 15 is 0 Å². The van der Waals surface area contributed by atoms with Gasteiger partial charge in [0.2, 0.25) is 0 Å². The van der Waals surface area contributed by atoms with Gasteiger partial charge in [-0.2, -0.15) is 0 Å². The monoisotopic (exact) mass is 268 g/mol. The first-order valence-corrected chi connectivity index (χ1v) is 6.62. The van der Waals surface area contributed by atoms with Crippen LogP contribution in [0, 0.1) is 0 Å². The largest absolute Gasteiger partial charge is 0.481 e. The van der Waals surface area contributed by atoms with Crippen LogP contribution < -0.4 is 0 Å². The number of carboxylic acids is 1. The summed E-state index contributed by atoms with van der Waals surface area (Å²) in [7, 11) is 0. The van der Waals surface area contributed by atoms with E-state index < -0.39 is 5.97 Å². The van der Waals surface area contributed by atoms with E-state index in [9.17, 15) is 4.79 Å². The molecule has 1 fully saturated rings. The normalized spacial score (nSPS) is 19.1. The molecule has 1 heterocycles. The fourth-order valence-corrected chi connectivity index (χ4v) is 2.64. The Labute approximate surface area is 112 Å². The van der Waals surface area contributed by atoms with Gasteiger partial charge in [-0.1, -0.05) is 23.7 Å². The minimum atomic E-state index is -0.749. The van der Waals surface area contributed by atoms with Crippen molar-refractivity contribution in [3.63, 3.8) is 0 Å². The average molecular weight is 269 g/mol. The van der Waals surface area contributed by atoms with Crippen LogP contribution in [-0.2, 0) is 16.0 Å². The molecule has 18 heavy (non-hydrogen) atoms. The molecule has 1 aromatic rings. The number of ether oxygens (including phenoxy) is 1. The highest BCUT2D eigenvalue weighted by molar-refractivity contribution is 6.31. The van der Waals surface area contributed by atoms with Crippen molar-refractivity contribution in [3.8, 4) is 0 Å². The number of aliphatic carboxylic acids is 1. The number of carbonyl (C=O) groups is 1. The third kappa shape index (κ3) is 3.47. The van der Waals surface area contributed by atoms with Gasteiger partial charge in [-0.15, -0.1) is 0 Å². The van der Waals surface area contributed by atoms with Gasteiger partial charge >= 0.3 is 5.97 Å². The van der Waals surface area contributed by atoms with E-state index in [0.29, 0.717) is 12.3 Å². The first-order valence-electron chi connectivity index (χ1n) is 6.24. The molecule has 98 valence electrons. The third-order valence-electron chi connectivity index (χ3n) is 3.29. The van der Waals surface area contributed by atoms with Gasteiger partial charge in [-0.05, 0) is 36.5 Å². The van der Waals surface area contributed by atoms with Gasteiger partial charge in [-0.3, -0.25) is 4.79 Å². The molecule has 0 radical (unpaired) electrons. The van der Waals surface area contributed by atoms with Crippen LogP contribution >= 0.6 is 11.6 Å². The fraction of sp³-hybridized carbons (Fsp3) is 0.500. The third-order valence-corrected chi connectivity index (χ3v) is 3.62. The Kier molecular flexibility index (Phi) is 4.61. The summed E-state index contributed by atoms with van der Waals surface area (Å²) in [6.45, 7) is 1.55. The second-order valence-electron chi connectivity index (χ2n) is 4.66. The first-order chi connectivity index (χ1) is 8.66. The molecule has 0 saturated carbocycles. The average Bonchev–Trinajstić information content (AvgIpc) is 2.82. The van der Waals surface area contributed by atoms with Crippen LogP contribution in [0.2, 0.25) is 5.02 Å². The highest BCUT2D eigenvalue weighted by atomic mass is 35.5. The minimum Gasteiger partial charge on any atom is -0.481 e. The van der Waals surface area contributed by atoms with Crippen molar-refractivity contribution in [1.82, 2.24) is 0 Å². The van der Waals surface area contributed by atoms with Crippen molar-refractivity contribution in [1.29, 1.82) is 0 Å². The van der Waals surface area contributed by atoms with Gasteiger partial charge in [0, 0.05) is 24.0 Å². The Hall–Kier alpha value is -1.06. The molecule has 0 amide bonds. The summed E-state index contributed by atoms with van der Waals surface area (Å²) < 4.78 is 5.36. The molecule has 1 aromatic carbocycles. The van der Waals surface area contributed by atoms with Gasteiger partial charge in [0.1, 0.15) is 0 Å². The zero-order valence-electron chi connectivity index (χ0n) is 10.2. The van der Waals surface area contributed by atoms with Crippen molar-refractivity contribution in [2.24, 2.45) is 0 Å². The molecule has 0 aliphatic carbocycles. The Bertz CT molecular complexity index is 425.